The van der Waals surface area contributed by atoms with Crippen LogP contribution in [0.15, 0.2) is 24.5 Å². The van der Waals surface area contributed by atoms with E-state index in [1.165, 1.54) is 17.1 Å². The van der Waals surface area contributed by atoms with Crippen molar-refractivity contribution in [3.63, 3.8) is 0 Å². The van der Waals surface area contributed by atoms with Crippen LogP contribution in [0.1, 0.15) is 19.5 Å². The van der Waals surface area contributed by atoms with Gasteiger partial charge in [0.15, 0.2) is 0 Å². The van der Waals surface area contributed by atoms with E-state index in [9.17, 15) is 4.39 Å². The van der Waals surface area contributed by atoms with Gasteiger partial charge in [0.05, 0.1) is 17.6 Å². The van der Waals surface area contributed by atoms with Crippen LogP contribution in [0.5, 0.6) is 0 Å². The van der Waals surface area contributed by atoms with E-state index in [1.807, 2.05) is 13.8 Å². The molecule has 0 fully saturated rings. The number of hydrazine groups is 1. The Kier molecular flexibility index (Phi) is 5.54. The van der Waals surface area contributed by atoms with E-state index in [2.05, 4.69) is 10.3 Å². The Morgan fingerprint density at radius 3 is 2.89 bits per heavy atom. The molecule has 6 heteroatoms. The molecule has 0 aliphatic rings. The Bertz CT molecular complexity index is 390. The minimum Gasteiger partial charge on any atom is -0.396 e. The molecule has 0 aliphatic carbocycles. The van der Waals surface area contributed by atoms with Crippen LogP contribution in [0.2, 0.25) is 0 Å². The summed E-state index contributed by atoms with van der Waals surface area (Å²) in [6.45, 7) is 5.57. The van der Waals surface area contributed by atoms with E-state index in [1.54, 1.807) is 6.20 Å². The molecule has 0 bridgehead atoms. The van der Waals surface area contributed by atoms with Crippen molar-refractivity contribution < 1.29 is 4.39 Å². The molecule has 1 rings (SSSR count). The number of hydrogen-bond donors (Lipinski definition) is 3. The fraction of sp³-hybridized carbons (Fsp3) is 0.417. The average molecular weight is 253 g/mol. The number of nitrogens with two attached hydrogens (primary N) is 2. The molecular weight excluding hydrogens is 233 g/mol. The molecule has 0 aromatic carbocycles. The summed E-state index contributed by atoms with van der Waals surface area (Å²) in [6, 6.07) is 3.08. The predicted molar refractivity (Wildman–Crippen MR) is 70.4 cm³/mol. The fourth-order valence-corrected chi connectivity index (χ4v) is 1.57. The Hall–Kier alpha value is -1.66. The van der Waals surface area contributed by atoms with E-state index < -0.39 is 5.82 Å². The summed E-state index contributed by atoms with van der Waals surface area (Å²) in [5.41, 5.74) is 6.74. The predicted octanol–water partition coefficient (Wildman–Crippen LogP) is 0.652. The third kappa shape index (κ3) is 4.68. The van der Waals surface area contributed by atoms with Crippen molar-refractivity contribution in [2.45, 2.75) is 19.9 Å². The third-order valence-electron chi connectivity index (χ3n) is 2.37. The SMILES string of the molecule is CCNC(C)CN(N)/C=C(\N)c1ccc(F)cn1. The molecule has 5 N–H and O–H groups in total. The van der Waals surface area contributed by atoms with E-state index in [4.69, 9.17) is 11.6 Å². The summed E-state index contributed by atoms with van der Waals surface area (Å²) < 4.78 is 12.7. The van der Waals surface area contributed by atoms with Gasteiger partial charge in [-0.15, -0.1) is 0 Å². The number of pyridine rings is 1. The van der Waals surface area contributed by atoms with Gasteiger partial charge in [-0.2, -0.15) is 0 Å². The van der Waals surface area contributed by atoms with Crippen LogP contribution in [0, 0.1) is 5.82 Å². The number of rotatable bonds is 6. The highest BCUT2D eigenvalue weighted by molar-refractivity contribution is 5.58. The third-order valence-corrected chi connectivity index (χ3v) is 2.37. The molecule has 1 unspecified atom stereocenters. The van der Waals surface area contributed by atoms with Crippen LogP contribution in [0.25, 0.3) is 5.70 Å². The molecule has 0 saturated carbocycles. The van der Waals surface area contributed by atoms with Crippen molar-refractivity contribution in [1.29, 1.82) is 0 Å². The average Bonchev–Trinajstić information content (AvgIpc) is 2.29. The van der Waals surface area contributed by atoms with Crippen molar-refractivity contribution >= 4 is 5.70 Å². The molecule has 1 atom stereocenters. The fourth-order valence-electron chi connectivity index (χ4n) is 1.57. The first-order valence-corrected chi connectivity index (χ1v) is 5.87. The van der Waals surface area contributed by atoms with Crippen molar-refractivity contribution in [2.75, 3.05) is 13.1 Å². The van der Waals surface area contributed by atoms with Gasteiger partial charge in [0.25, 0.3) is 0 Å². The molecule has 0 aliphatic heterocycles. The standard InChI is InChI=1S/C12H20FN5/c1-3-16-9(2)7-18(15)8-11(14)12-5-4-10(13)6-17-12/h4-6,8-9,16H,3,7,14-15H2,1-2H3/b11-8-. The summed E-state index contributed by atoms with van der Waals surface area (Å²) >= 11 is 0. The van der Waals surface area contributed by atoms with Crippen LogP contribution in [0.3, 0.4) is 0 Å². The molecule has 1 aromatic heterocycles. The Morgan fingerprint density at radius 1 is 1.61 bits per heavy atom. The quantitative estimate of drug-likeness (QED) is 0.512. The summed E-state index contributed by atoms with van der Waals surface area (Å²) in [7, 11) is 0. The largest absolute Gasteiger partial charge is 0.396 e. The molecule has 1 aromatic rings. The molecule has 0 amide bonds. The molecular formula is C12H20FN5. The molecule has 1 heterocycles. The molecule has 0 radical (unpaired) electrons. The number of aromatic nitrogens is 1. The van der Waals surface area contributed by atoms with E-state index in [0.29, 0.717) is 17.9 Å². The first-order valence-electron chi connectivity index (χ1n) is 5.87. The van der Waals surface area contributed by atoms with Crippen LogP contribution < -0.4 is 16.9 Å². The van der Waals surface area contributed by atoms with Crippen LogP contribution in [0.4, 0.5) is 4.39 Å². The van der Waals surface area contributed by atoms with Gasteiger partial charge in [-0.05, 0) is 25.6 Å². The number of nitrogens with zero attached hydrogens (tertiary/aromatic N) is 2. The second-order valence-electron chi connectivity index (χ2n) is 4.10. The van der Waals surface area contributed by atoms with Gasteiger partial charge in [0.2, 0.25) is 0 Å². The normalized spacial score (nSPS) is 13.4. The maximum Gasteiger partial charge on any atom is 0.141 e. The zero-order valence-electron chi connectivity index (χ0n) is 10.7. The number of halogens is 1. The van der Waals surface area contributed by atoms with Gasteiger partial charge in [-0.3, -0.25) is 4.98 Å². The minimum absolute atomic E-state index is 0.255. The molecule has 100 valence electrons. The second-order valence-corrected chi connectivity index (χ2v) is 4.10. The summed E-state index contributed by atoms with van der Waals surface area (Å²) in [4.78, 5) is 3.88. The number of likely N-dealkylation sites (N-methyl/N-ethyl adjacent to an activating group) is 1. The van der Waals surface area contributed by atoms with Gasteiger partial charge >= 0.3 is 0 Å². The maximum atomic E-state index is 12.7. The van der Waals surface area contributed by atoms with Crippen molar-refractivity contribution in [3.8, 4) is 0 Å². The molecule has 5 nitrogen and oxygen atoms in total. The highest BCUT2D eigenvalue weighted by Crippen LogP contribution is 2.06. The Labute approximate surface area is 107 Å². The Morgan fingerprint density at radius 2 is 2.33 bits per heavy atom. The second kappa shape index (κ2) is 6.93. The number of nitrogens with one attached hydrogen (secondary N) is 1. The van der Waals surface area contributed by atoms with Crippen molar-refractivity contribution in [1.82, 2.24) is 15.3 Å². The lowest BCUT2D eigenvalue weighted by Crippen LogP contribution is -2.40. The van der Waals surface area contributed by atoms with Crippen LogP contribution in [-0.4, -0.2) is 29.1 Å². The highest BCUT2D eigenvalue weighted by atomic mass is 19.1. The van der Waals surface area contributed by atoms with Gasteiger partial charge in [-0.25, -0.2) is 10.2 Å². The van der Waals surface area contributed by atoms with E-state index in [-0.39, 0.29) is 6.04 Å². The minimum atomic E-state index is -0.392. The zero-order chi connectivity index (χ0) is 13.5. The van der Waals surface area contributed by atoms with Crippen LogP contribution in [-0.2, 0) is 0 Å². The summed E-state index contributed by atoms with van der Waals surface area (Å²) in [5.74, 6) is 5.42. The summed E-state index contributed by atoms with van der Waals surface area (Å²) in [5, 5.41) is 4.73. The lowest BCUT2D eigenvalue weighted by atomic mass is 10.3. The van der Waals surface area contributed by atoms with Crippen LogP contribution >= 0.6 is 0 Å². The first-order chi connectivity index (χ1) is 8.52. The molecule has 0 spiro atoms. The topological polar surface area (TPSA) is 80.2 Å². The van der Waals surface area contributed by atoms with E-state index in [0.717, 1.165) is 12.7 Å². The lowest BCUT2D eigenvalue weighted by molar-refractivity contribution is 0.343. The van der Waals surface area contributed by atoms with Gasteiger partial charge in [-0.1, -0.05) is 6.92 Å². The van der Waals surface area contributed by atoms with Crippen molar-refractivity contribution in [3.05, 3.63) is 36.0 Å². The van der Waals surface area contributed by atoms with Gasteiger partial charge < -0.3 is 16.1 Å². The molecule has 18 heavy (non-hydrogen) atoms. The van der Waals surface area contributed by atoms with Crippen molar-refractivity contribution in [2.24, 2.45) is 11.6 Å². The lowest BCUT2D eigenvalue weighted by Gasteiger charge is -2.20. The van der Waals surface area contributed by atoms with Gasteiger partial charge in [0, 0.05) is 18.8 Å². The maximum absolute atomic E-state index is 12.7. The highest BCUT2D eigenvalue weighted by Gasteiger charge is 2.05. The number of hydrogen-bond acceptors (Lipinski definition) is 5. The summed E-state index contributed by atoms with van der Waals surface area (Å²) in [6.07, 6.45) is 2.71. The monoisotopic (exact) mass is 253 g/mol. The van der Waals surface area contributed by atoms with Gasteiger partial charge in [0.1, 0.15) is 5.82 Å². The van der Waals surface area contributed by atoms with E-state index >= 15 is 0 Å². The molecule has 0 saturated heterocycles. The Balaban J connectivity index is 2.62. The first kappa shape index (κ1) is 14.4. The zero-order valence-corrected chi connectivity index (χ0v) is 10.7. The smallest absolute Gasteiger partial charge is 0.141 e.